The molecule has 2 aromatic rings. The van der Waals surface area contributed by atoms with Crippen LogP contribution in [0, 0.1) is 12.8 Å². The van der Waals surface area contributed by atoms with Gasteiger partial charge in [-0.05, 0) is 79.3 Å². The summed E-state index contributed by atoms with van der Waals surface area (Å²) in [5, 5.41) is 5.75. The van der Waals surface area contributed by atoms with Crippen LogP contribution in [-0.2, 0) is 14.3 Å². The lowest BCUT2D eigenvalue weighted by Gasteiger charge is -2.36. The van der Waals surface area contributed by atoms with E-state index in [1.807, 2.05) is 75.7 Å². The summed E-state index contributed by atoms with van der Waals surface area (Å²) in [5.41, 5.74) is 1.75. The highest BCUT2D eigenvalue weighted by Gasteiger charge is 2.40. The number of benzene rings is 1. The van der Waals surface area contributed by atoms with Gasteiger partial charge in [-0.15, -0.1) is 11.3 Å². The summed E-state index contributed by atoms with van der Waals surface area (Å²) in [6, 6.07) is 6.32. The van der Waals surface area contributed by atoms with Gasteiger partial charge in [0.2, 0.25) is 17.6 Å². The smallest absolute Gasteiger partial charge is 0.246 e. The summed E-state index contributed by atoms with van der Waals surface area (Å²) in [7, 11) is 1.86. The molecule has 1 aromatic heterocycles. The number of aryl methyl sites for hydroxylation is 1. The Morgan fingerprint density at radius 1 is 1.15 bits per heavy atom. The second-order valence-electron chi connectivity index (χ2n) is 12.7. The zero-order valence-corrected chi connectivity index (χ0v) is 26.3. The van der Waals surface area contributed by atoms with E-state index in [0.717, 1.165) is 55.5 Å². The zero-order chi connectivity index (χ0) is 29.7. The van der Waals surface area contributed by atoms with Crippen molar-refractivity contribution in [3.05, 3.63) is 51.5 Å². The minimum atomic E-state index is -0.573. The number of amides is 2. The van der Waals surface area contributed by atoms with E-state index < -0.39 is 12.1 Å². The first kappa shape index (κ1) is 31.3. The summed E-state index contributed by atoms with van der Waals surface area (Å²) in [6.07, 6.45) is 6.83. The number of nitrogens with zero attached hydrogens (tertiary/aromatic N) is 3. The van der Waals surface area contributed by atoms with E-state index in [0.29, 0.717) is 24.5 Å². The molecular weight excluding hydrogens is 536 g/mol. The standard InChI is InChI=1S/C32H46N4O4S/c1-21-12-10-15-24(18-21)28(37)25-19-41-30(33-25)26-16-11-17-36(26)31(39)27(23-13-8-7-9-14-23)34-29(38)22(2)35(6)20-40-32(3,4)5/h10,12,15,18-19,22-23,26-27H,7-9,11,13-14,16-17,20H2,1-6H3,(H,34,38)/t22-,26?,27-/m0/s1. The van der Waals surface area contributed by atoms with Gasteiger partial charge in [0.25, 0.3) is 0 Å². The number of likely N-dealkylation sites (tertiary alicyclic amines) is 1. The quantitative estimate of drug-likeness (QED) is 0.294. The zero-order valence-electron chi connectivity index (χ0n) is 25.4. The van der Waals surface area contributed by atoms with Crippen molar-refractivity contribution in [3.63, 3.8) is 0 Å². The third-order valence-corrected chi connectivity index (χ3v) is 9.23. The lowest BCUT2D eigenvalue weighted by molar-refractivity contribution is -0.141. The van der Waals surface area contributed by atoms with E-state index in [1.165, 1.54) is 11.3 Å². The molecule has 2 fully saturated rings. The molecule has 9 heteroatoms. The van der Waals surface area contributed by atoms with Crippen LogP contribution >= 0.6 is 11.3 Å². The number of ether oxygens (including phenoxy) is 1. The highest BCUT2D eigenvalue weighted by Crippen LogP contribution is 2.36. The van der Waals surface area contributed by atoms with Crippen LogP contribution in [0.1, 0.15) is 105 Å². The molecule has 1 saturated carbocycles. The van der Waals surface area contributed by atoms with Crippen molar-refractivity contribution in [2.24, 2.45) is 5.92 Å². The topological polar surface area (TPSA) is 91.8 Å². The summed E-state index contributed by atoms with van der Waals surface area (Å²) in [4.78, 5) is 49.2. The normalized spacial score (nSPS) is 19.8. The molecule has 1 aliphatic carbocycles. The Kier molecular flexibility index (Phi) is 10.4. The molecule has 2 aliphatic rings. The molecule has 0 radical (unpaired) electrons. The van der Waals surface area contributed by atoms with E-state index in [9.17, 15) is 14.4 Å². The van der Waals surface area contributed by atoms with Gasteiger partial charge >= 0.3 is 0 Å². The van der Waals surface area contributed by atoms with Crippen LogP contribution in [0.3, 0.4) is 0 Å². The van der Waals surface area contributed by atoms with Crippen molar-refractivity contribution in [1.82, 2.24) is 20.1 Å². The van der Waals surface area contributed by atoms with Gasteiger partial charge in [0.15, 0.2) is 0 Å². The first-order valence-corrected chi connectivity index (χ1v) is 15.8. The third-order valence-electron chi connectivity index (χ3n) is 8.28. The van der Waals surface area contributed by atoms with Crippen LogP contribution in [0.5, 0.6) is 0 Å². The van der Waals surface area contributed by atoms with Gasteiger partial charge in [0, 0.05) is 17.5 Å². The molecule has 1 saturated heterocycles. The largest absolute Gasteiger partial charge is 0.360 e. The molecule has 1 unspecified atom stereocenters. The average molecular weight is 583 g/mol. The van der Waals surface area contributed by atoms with Crippen molar-refractivity contribution in [2.75, 3.05) is 20.3 Å². The summed E-state index contributed by atoms with van der Waals surface area (Å²) < 4.78 is 5.87. The molecule has 2 heterocycles. The van der Waals surface area contributed by atoms with Crippen LogP contribution in [0.2, 0.25) is 0 Å². The first-order chi connectivity index (χ1) is 19.4. The molecule has 1 N–H and O–H groups in total. The second-order valence-corrected chi connectivity index (χ2v) is 13.6. The number of hydrogen-bond acceptors (Lipinski definition) is 7. The highest BCUT2D eigenvalue weighted by molar-refractivity contribution is 7.10. The molecule has 4 rings (SSSR count). The molecule has 2 amide bonds. The van der Waals surface area contributed by atoms with Crippen molar-refractivity contribution >= 4 is 28.9 Å². The Labute approximate surface area is 248 Å². The Morgan fingerprint density at radius 2 is 1.88 bits per heavy atom. The maximum atomic E-state index is 14.2. The highest BCUT2D eigenvalue weighted by atomic mass is 32.1. The first-order valence-electron chi connectivity index (χ1n) is 15.0. The fourth-order valence-corrected chi connectivity index (χ4v) is 6.62. The molecule has 0 spiro atoms. The van der Waals surface area contributed by atoms with E-state index in [4.69, 9.17) is 9.72 Å². The number of hydrogen-bond donors (Lipinski definition) is 1. The van der Waals surface area contributed by atoms with Crippen molar-refractivity contribution in [2.45, 2.75) is 103 Å². The van der Waals surface area contributed by atoms with Gasteiger partial charge in [0.05, 0.1) is 17.7 Å². The second kappa shape index (κ2) is 13.6. The van der Waals surface area contributed by atoms with E-state index in [1.54, 1.807) is 5.38 Å². The van der Waals surface area contributed by atoms with Gasteiger partial charge in [-0.1, -0.05) is 43.0 Å². The van der Waals surface area contributed by atoms with Crippen molar-refractivity contribution in [1.29, 1.82) is 0 Å². The lowest BCUT2D eigenvalue weighted by Crippen LogP contribution is -2.56. The van der Waals surface area contributed by atoms with Crippen molar-refractivity contribution in [3.8, 4) is 0 Å². The SMILES string of the molecule is Cc1cccc(C(=O)c2csc(C3CCCN3C(=O)[C@@H](NC(=O)[C@H](C)N(C)COC(C)(C)C)C3CCCCC3)n2)c1. The minimum absolute atomic E-state index is 0.0321. The van der Waals surface area contributed by atoms with Crippen LogP contribution in [0.25, 0.3) is 0 Å². The van der Waals surface area contributed by atoms with Crippen LogP contribution in [0.15, 0.2) is 29.6 Å². The fourth-order valence-electron chi connectivity index (χ4n) is 5.68. The maximum absolute atomic E-state index is 14.2. The Hall–Kier alpha value is -2.62. The Balaban J connectivity index is 1.49. The predicted molar refractivity (Wildman–Crippen MR) is 162 cm³/mol. The number of ketones is 1. The van der Waals surface area contributed by atoms with Gasteiger partial charge < -0.3 is 15.0 Å². The van der Waals surface area contributed by atoms with E-state index in [2.05, 4.69) is 5.32 Å². The number of likely N-dealkylation sites (N-methyl/N-ethyl adjacent to an activating group) is 1. The van der Waals surface area contributed by atoms with Crippen molar-refractivity contribution < 1.29 is 19.1 Å². The van der Waals surface area contributed by atoms with Gasteiger partial charge in [-0.2, -0.15) is 0 Å². The minimum Gasteiger partial charge on any atom is -0.360 e. The Morgan fingerprint density at radius 3 is 2.56 bits per heavy atom. The molecular formula is C32H46N4O4S. The maximum Gasteiger partial charge on any atom is 0.246 e. The molecule has 3 atom stereocenters. The lowest BCUT2D eigenvalue weighted by atomic mass is 9.83. The van der Waals surface area contributed by atoms with Gasteiger partial charge in [-0.25, -0.2) is 4.98 Å². The summed E-state index contributed by atoms with van der Waals surface area (Å²) in [5.74, 6) is -0.187. The third kappa shape index (κ3) is 8.02. The summed E-state index contributed by atoms with van der Waals surface area (Å²) >= 11 is 1.44. The monoisotopic (exact) mass is 582 g/mol. The number of carbonyl (C=O) groups excluding carboxylic acids is 3. The molecule has 0 bridgehead atoms. The average Bonchev–Trinajstić information content (AvgIpc) is 3.63. The summed E-state index contributed by atoms with van der Waals surface area (Å²) in [6.45, 7) is 10.7. The Bertz CT molecular complexity index is 1220. The van der Waals surface area contributed by atoms with Crippen LogP contribution in [0.4, 0.5) is 0 Å². The number of aromatic nitrogens is 1. The van der Waals surface area contributed by atoms with E-state index in [-0.39, 0.29) is 35.2 Å². The fraction of sp³-hybridized carbons (Fsp3) is 0.625. The molecule has 1 aliphatic heterocycles. The number of thiazole rings is 1. The van der Waals surface area contributed by atoms with Crippen LogP contribution < -0.4 is 5.32 Å². The molecule has 8 nitrogen and oxygen atoms in total. The van der Waals surface area contributed by atoms with Crippen LogP contribution in [-0.4, -0.2) is 70.4 Å². The van der Waals surface area contributed by atoms with Gasteiger partial charge in [-0.3, -0.25) is 19.3 Å². The number of carbonyl (C=O) groups is 3. The molecule has 41 heavy (non-hydrogen) atoms. The van der Waals surface area contributed by atoms with Gasteiger partial charge in [0.1, 0.15) is 23.5 Å². The molecule has 1 aromatic carbocycles. The molecule has 224 valence electrons. The number of rotatable bonds is 10. The predicted octanol–water partition coefficient (Wildman–Crippen LogP) is 5.50. The van der Waals surface area contributed by atoms with E-state index >= 15 is 0 Å². The number of nitrogens with one attached hydrogen (secondary N) is 1.